The third kappa shape index (κ3) is 7.64. The van der Waals surface area contributed by atoms with E-state index in [1.165, 1.54) is 17.6 Å². The maximum absolute atomic E-state index is 13.1. The number of rotatable bonds is 11. The largest absolute Gasteiger partial charge is 0.481 e. The molecule has 1 amide bonds. The Bertz CT molecular complexity index is 937. The van der Waals surface area contributed by atoms with Gasteiger partial charge in [0.15, 0.2) is 5.78 Å². The molecule has 3 atom stereocenters. The van der Waals surface area contributed by atoms with Gasteiger partial charge >= 0.3 is 11.9 Å². The Kier molecular flexibility index (Phi) is 9.76. The lowest BCUT2D eigenvalue weighted by Crippen LogP contribution is -2.37. The average molecular weight is 447 g/mol. The van der Waals surface area contributed by atoms with E-state index in [0.717, 1.165) is 6.08 Å². The Morgan fingerprint density at radius 1 is 1.12 bits per heavy atom. The van der Waals surface area contributed by atoms with Crippen LogP contribution in [0.1, 0.15) is 42.1 Å². The van der Waals surface area contributed by atoms with Crippen LogP contribution in [0.25, 0.3) is 0 Å². The summed E-state index contributed by atoms with van der Waals surface area (Å²) < 4.78 is 0. The number of nitrogens with two attached hydrogens (primary N) is 1. The van der Waals surface area contributed by atoms with Gasteiger partial charge in [0.05, 0.1) is 6.42 Å². The predicted molar refractivity (Wildman–Crippen MR) is 118 cm³/mol. The number of nitrogens with one attached hydrogen (secondary N) is 1. The highest BCUT2D eigenvalue weighted by molar-refractivity contribution is 6.00. The molecule has 32 heavy (non-hydrogen) atoms. The standard InChI is InChI=1S/C22H29N3O7/c1-12(5-6-18(26)24-32)7-13(2)21(29)15-8-14(9-16(10-15)25(3)4)17(11-19(27)28)20(23)22(30)31/h5-10,13,17,20,32H,11,23H2,1-4H3,(H,24,26)(H,27,28)(H,30,31)/b6-5+,12-7+/t13-,17?,20?/m1/s1. The number of ketones is 1. The number of Topliss-reactive ketones (excluding diaryl/α,β-unsaturated/α-hetero) is 1. The van der Waals surface area contributed by atoms with Gasteiger partial charge in [-0.15, -0.1) is 0 Å². The monoisotopic (exact) mass is 447 g/mol. The van der Waals surface area contributed by atoms with E-state index < -0.39 is 42.1 Å². The van der Waals surface area contributed by atoms with Gasteiger partial charge < -0.3 is 20.8 Å². The summed E-state index contributed by atoms with van der Waals surface area (Å²) >= 11 is 0. The van der Waals surface area contributed by atoms with Crippen LogP contribution in [0.2, 0.25) is 0 Å². The fourth-order valence-corrected chi connectivity index (χ4v) is 3.09. The number of benzene rings is 1. The highest BCUT2D eigenvalue weighted by Gasteiger charge is 2.29. The SMILES string of the molecule is CC(/C=C/C(=O)NO)=C\[C@@H](C)C(=O)c1cc(C(CC(=O)O)C(N)C(=O)O)cc(N(C)C)c1. The van der Waals surface area contributed by atoms with Gasteiger partial charge in [0.25, 0.3) is 5.91 Å². The minimum atomic E-state index is -1.46. The van der Waals surface area contributed by atoms with Crippen LogP contribution in [0.3, 0.4) is 0 Å². The predicted octanol–water partition coefficient (Wildman–Crippen LogP) is 1.55. The number of carboxylic acid groups (broad SMARTS) is 2. The zero-order valence-electron chi connectivity index (χ0n) is 18.4. The fourth-order valence-electron chi connectivity index (χ4n) is 3.09. The molecule has 0 saturated carbocycles. The van der Waals surface area contributed by atoms with Crippen molar-refractivity contribution in [1.82, 2.24) is 5.48 Å². The number of nitrogens with zero attached hydrogens (tertiary/aromatic N) is 1. The first-order valence-corrected chi connectivity index (χ1v) is 9.74. The smallest absolute Gasteiger partial charge is 0.321 e. The lowest BCUT2D eigenvalue weighted by molar-refractivity contribution is -0.140. The number of carboxylic acids is 2. The summed E-state index contributed by atoms with van der Waals surface area (Å²) in [5.41, 5.74) is 9.03. The number of amides is 1. The van der Waals surface area contributed by atoms with Gasteiger partial charge in [-0.1, -0.05) is 24.6 Å². The van der Waals surface area contributed by atoms with E-state index in [-0.39, 0.29) is 11.3 Å². The number of carbonyl (C=O) groups excluding carboxylic acids is 2. The number of carbonyl (C=O) groups is 4. The van der Waals surface area contributed by atoms with Gasteiger partial charge in [0, 0.05) is 43.3 Å². The van der Waals surface area contributed by atoms with E-state index in [1.807, 2.05) is 0 Å². The van der Waals surface area contributed by atoms with Crippen molar-refractivity contribution in [2.75, 3.05) is 19.0 Å². The average Bonchev–Trinajstić information content (AvgIpc) is 2.73. The van der Waals surface area contributed by atoms with E-state index in [9.17, 15) is 29.4 Å². The van der Waals surface area contributed by atoms with Gasteiger partial charge in [-0.2, -0.15) is 0 Å². The van der Waals surface area contributed by atoms with E-state index in [0.29, 0.717) is 16.8 Å². The topological polar surface area (TPSA) is 170 Å². The van der Waals surface area contributed by atoms with Gasteiger partial charge in [-0.05, 0) is 30.7 Å². The van der Waals surface area contributed by atoms with Crippen molar-refractivity contribution < 1.29 is 34.6 Å². The third-order valence-corrected chi connectivity index (χ3v) is 4.82. The van der Waals surface area contributed by atoms with Gasteiger partial charge in [-0.3, -0.25) is 24.4 Å². The number of anilines is 1. The fraction of sp³-hybridized carbons (Fsp3) is 0.364. The highest BCUT2D eigenvalue weighted by atomic mass is 16.5. The molecule has 10 nitrogen and oxygen atoms in total. The molecule has 0 saturated heterocycles. The number of hydroxylamine groups is 1. The summed E-state index contributed by atoms with van der Waals surface area (Å²) in [7, 11) is 3.47. The molecule has 0 heterocycles. The van der Waals surface area contributed by atoms with Gasteiger partial charge in [0.1, 0.15) is 6.04 Å². The Morgan fingerprint density at radius 2 is 1.75 bits per heavy atom. The van der Waals surface area contributed by atoms with E-state index in [2.05, 4.69) is 0 Å². The molecule has 0 aliphatic rings. The number of hydrogen-bond acceptors (Lipinski definition) is 7. The van der Waals surface area contributed by atoms with E-state index >= 15 is 0 Å². The minimum absolute atomic E-state index is 0.271. The second-order valence-electron chi connectivity index (χ2n) is 7.65. The van der Waals surface area contributed by atoms with Crippen molar-refractivity contribution in [3.63, 3.8) is 0 Å². The Balaban J connectivity index is 3.41. The summed E-state index contributed by atoms with van der Waals surface area (Å²) in [6.45, 7) is 3.34. The van der Waals surface area contributed by atoms with Crippen molar-refractivity contribution in [2.45, 2.75) is 32.2 Å². The maximum atomic E-state index is 13.1. The quantitative estimate of drug-likeness (QED) is 0.111. The molecule has 1 rings (SSSR count). The van der Waals surface area contributed by atoms with Crippen LogP contribution < -0.4 is 16.1 Å². The Morgan fingerprint density at radius 3 is 2.25 bits per heavy atom. The molecular formula is C22H29N3O7. The molecular weight excluding hydrogens is 418 g/mol. The molecule has 0 aliphatic carbocycles. The molecule has 174 valence electrons. The summed E-state index contributed by atoms with van der Waals surface area (Å²) in [5, 5.41) is 27.1. The zero-order valence-corrected chi connectivity index (χ0v) is 18.4. The summed E-state index contributed by atoms with van der Waals surface area (Å²) in [5.74, 6) is -5.19. The van der Waals surface area contributed by atoms with Crippen molar-refractivity contribution >= 4 is 29.3 Å². The minimum Gasteiger partial charge on any atom is -0.481 e. The van der Waals surface area contributed by atoms with Crippen molar-refractivity contribution in [3.8, 4) is 0 Å². The normalized spacial score (nSPS) is 14.5. The molecule has 10 heteroatoms. The first-order valence-electron chi connectivity index (χ1n) is 9.74. The summed E-state index contributed by atoms with van der Waals surface area (Å²) in [6, 6.07) is 3.26. The molecule has 0 aliphatic heterocycles. The molecule has 0 fully saturated rings. The van der Waals surface area contributed by atoms with Crippen molar-refractivity contribution in [1.29, 1.82) is 0 Å². The molecule has 0 bridgehead atoms. The lowest BCUT2D eigenvalue weighted by Gasteiger charge is -2.23. The van der Waals surface area contributed by atoms with Gasteiger partial charge in [0.2, 0.25) is 0 Å². The molecule has 0 aromatic heterocycles. The molecule has 2 unspecified atom stereocenters. The Hall–Kier alpha value is -3.50. The Labute approximate surface area is 186 Å². The van der Waals surface area contributed by atoms with Gasteiger partial charge in [-0.25, -0.2) is 5.48 Å². The summed E-state index contributed by atoms with van der Waals surface area (Å²) in [6.07, 6.45) is 3.66. The third-order valence-electron chi connectivity index (χ3n) is 4.82. The second kappa shape index (κ2) is 11.8. The molecule has 1 aromatic carbocycles. The van der Waals surface area contributed by atoms with Crippen molar-refractivity contribution in [2.24, 2.45) is 11.7 Å². The van der Waals surface area contributed by atoms with Crippen LogP contribution >= 0.6 is 0 Å². The zero-order chi connectivity index (χ0) is 24.6. The van der Waals surface area contributed by atoms with E-state index in [4.69, 9.17) is 10.9 Å². The van der Waals surface area contributed by atoms with Crippen LogP contribution in [-0.2, 0) is 14.4 Å². The molecule has 6 N–H and O–H groups in total. The van der Waals surface area contributed by atoms with Crippen LogP contribution in [0.5, 0.6) is 0 Å². The molecule has 0 radical (unpaired) electrons. The molecule has 1 aromatic rings. The van der Waals surface area contributed by atoms with E-state index in [1.54, 1.807) is 51.1 Å². The van der Waals surface area contributed by atoms with Crippen LogP contribution in [0.4, 0.5) is 5.69 Å². The number of hydrogen-bond donors (Lipinski definition) is 5. The second-order valence-corrected chi connectivity index (χ2v) is 7.65. The first kappa shape index (κ1) is 26.5. The maximum Gasteiger partial charge on any atom is 0.321 e. The highest BCUT2D eigenvalue weighted by Crippen LogP contribution is 2.29. The van der Waals surface area contributed by atoms with Crippen LogP contribution in [0.15, 0.2) is 42.0 Å². The number of aliphatic carboxylic acids is 2. The van der Waals surface area contributed by atoms with Crippen LogP contribution in [-0.4, -0.2) is 59.2 Å². The summed E-state index contributed by atoms with van der Waals surface area (Å²) in [4.78, 5) is 48.7. The molecule has 0 spiro atoms. The lowest BCUT2D eigenvalue weighted by atomic mass is 9.86. The van der Waals surface area contributed by atoms with Crippen molar-refractivity contribution in [3.05, 3.63) is 53.1 Å². The first-order chi connectivity index (χ1) is 14.9. The number of allylic oxidation sites excluding steroid dienone is 3. The van der Waals surface area contributed by atoms with Crippen LogP contribution in [0, 0.1) is 5.92 Å².